The van der Waals surface area contributed by atoms with Crippen molar-refractivity contribution in [3.63, 3.8) is 0 Å². The Morgan fingerprint density at radius 1 is 1.47 bits per heavy atom. The minimum absolute atomic E-state index is 0.0407. The number of aliphatic hydroxyl groups excluding tert-OH is 1. The molecule has 1 aliphatic rings. The quantitative estimate of drug-likeness (QED) is 0.821. The molecule has 5 nitrogen and oxygen atoms in total. The third kappa shape index (κ3) is 3.43. The number of ether oxygens (including phenoxy) is 1. The molecule has 2 N–H and O–H groups in total. The molecule has 1 saturated heterocycles. The average Bonchev–Trinajstić information content (AvgIpc) is 2.56. The van der Waals surface area contributed by atoms with Gasteiger partial charge in [0.15, 0.2) is 21.4 Å². The lowest BCUT2D eigenvalue weighted by Gasteiger charge is -2.16. The van der Waals surface area contributed by atoms with Crippen LogP contribution >= 0.6 is 0 Å². The Labute approximate surface area is 111 Å². The lowest BCUT2D eigenvalue weighted by molar-refractivity contribution is 0.0710. The van der Waals surface area contributed by atoms with E-state index >= 15 is 0 Å². The Morgan fingerprint density at radius 2 is 2.21 bits per heavy atom. The minimum Gasteiger partial charge on any atom is -0.484 e. The molecule has 1 fully saturated rings. The van der Waals surface area contributed by atoms with Crippen LogP contribution in [0.5, 0.6) is 5.75 Å². The van der Waals surface area contributed by atoms with Crippen molar-refractivity contribution in [3.8, 4) is 5.75 Å². The van der Waals surface area contributed by atoms with Crippen LogP contribution in [0, 0.1) is 5.82 Å². The van der Waals surface area contributed by atoms with Crippen LogP contribution in [0.4, 0.5) is 4.39 Å². The van der Waals surface area contributed by atoms with Gasteiger partial charge in [-0.05, 0) is 24.7 Å². The SMILES string of the molecule is CNCc1ccc(OC2CS(=O)(=O)CC2O)c(F)c1. The number of hydrogen-bond donors (Lipinski definition) is 2. The van der Waals surface area contributed by atoms with Crippen LogP contribution in [0.2, 0.25) is 0 Å². The molecule has 19 heavy (non-hydrogen) atoms. The molecule has 0 amide bonds. The van der Waals surface area contributed by atoms with E-state index in [-0.39, 0.29) is 17.3 Å². The fourth-order valence-corrected chi connectivity index (χ4v) is 3.69. The summed E-state index contributed by atoms with van der Waals surface area (Å²) >= 11 is 0. The first-order valence-corrected chi connectivity index (χ1v) is 7.71. The van der Waals surface area contributed by atoms with Crippen LogP contribution in [-0.2, 0) is 16.4 Å². The fourth-order valence-electron chi connectivity index (χ4n) is 2.03. The van der Waals surface area contributed by atoms with Crippen molar-refractivity contribution < 1.29 is 22.7 Å². The first-order chi connectivity index (χ1) is 8.91. The van der Waals surface area contributed by atoms with E-state index in [1.807, 2.05) is 0 Å². The van der Waals surface area contributed by atoms with Gasteiger partial charge in [0.05, 0.1) is 11.5 Å². The van der Waals surface area contributed by atoms with Gasteiger partial charge >= 0.3 is 0 Å². The normalized spacial score (nSPS) is 25.4. The van der Waals surface area contributed by atoms with Gasteiger partial charge in [-0.1, -0.05) is 6.07 Å². The van der Waals surface area contributed by atoms with Crippen LogP contribution in [0.25, 0.3) is 0 Å². The molecule has 0 saturated carbocycles. The highest BCUT2D eigenvalue weighted by Crippen LogP contribution is 2.24. The summed E-state index contributed by atoms with van der Waals surface area (Å²) in [5, 5.41) is 12.5. The number of sulfone groups is 1. The summed E-state index contributed by atoms with van der Waals surface area (Å²) in [5.41, 5.74) is 0.756. The lowest BCUT2D eigenvalue weighted by atomic mass is 10.2. The maximum Gasteiger partial charge on any atom is 0.165 e. The molecule has 1 aromatic rings. The summed E-state index contributed by atoms with van der Waals surface area (Å²) in [4.78, 5) is 0. The van der Waals surface area contributed by atoms with Crippen LogP contribution in [0.1, 0.15) is 5.56 Å². The topological polar surface area (TPSA) is 75.6 Å². The molecule has 1 heterocycles. The van der Waals surface area contributed by atoms with Gasteiger partial charge in [0.2, 0.25) is 0 Å². The smallest absolute Gasteiger partial charge is 0.165 e. The van der Waals surface area contributed by atoms with Crippen molar-refractivity contribution in [2.24, 2.45) is 0 Å². The van der Waals surface area contributed by atoms with Gasteiger partial charge in [0.1, 0.15) is 12.2 Å². The van der Waals surface area contributed by atoms with E-state index in [0.29, 0.717) is 6.54 Å². The van der Waals surface area contributed by atoms with E-state index in [4.69, 9.17) is 4.74 Å². The zero-order valence-corrected chi connectivity index (χ0v) is 11.3. The maximum absolute atomic E-state index is 13.8. The Hall–Kier alpha value is -1.18. The van der Waals surface area contributed by atoms with E-state index in [1.165, 1.54) is 12.1 Å². The molecule has 0 bridgehead atoms. The molecule has 0 aromatic heterocycles. The number of aliphatic hydroxyl groups is 1. The second-order valence-corrected chi connectivity index (χ2v) is 6.75. The maximum atomic E-state index is 13.8. The highest BCUT2D eigenvalue weighted by atomic mass is 32.2. The number of rotatable bonds is 4. The lowest BCUT2D eigenvalue weighted by Crippen LogP contribution is -2.30. The Balaban J connectivity index is 2.11. The third-order valence-corrected chi connectivity index (χ3v) is 4.61. The number of hydrogen-bond acceptors (Lipinski definition) is 5. The summed E-state index contributed by atoms with van der Waals surface area (Å²) in [6, 6.07) is 4.45. The minimum atomic E-state index is -3.30. The Bertz CT molecular complexity index is 561. The molecule has 106 valence electrons. The average molecular weight is 289 g/mol. The zero-order valence-electron chi connectivity index (χ0n) is 10.5. The molecule has 7 heteroatoms. The third-order valence-electron chi connectivity index (χ3n) is 2.93. The first kappa shape index (κ1) is 14.2. The first-order valence-electron chi connectivity index (χ1n) is 5.89. The van der Waals surface area contributed by atoms with Gasteiger partial charge in [-0.2, -0.15) is 0 Å². The summed E-state index contributed by atoms with van der Waals surface area (Å²) in [5.74, 6) is -1.23. The molecule has 0 aliphatic carbocycles. The van der Waals surface area contributed by atoms with E-state index in [2.05, 4.69) is 5.32 Å². The highest BCUT2D eigenvalue weighted by molar-refractivity contribution is 7.91. The van der Waals surface area contributed by atoms with E-state index < -0.39 is 27.9 Å². The number of halogens is 1. The molecule has 0 radical (unpaired) electrons. The summed E-state index contributed by atoms with van der Waals surface area (Å²) in [6.07, 6.45) is -2.02. The van der Waals surface area contributed by atoms with Gasteiger partial charge in [0.25, 0.3) is 0 Å². The predicted octanol–water partition coefficient (Wildman–Crippen LogP) is 0.0818. The van der Waals surface area contributed by atoms with Crippen LogP contribution in [0.15, 0.2) is 18.2 Å². The largest absolute Gasteiger partial charge is 0.484 e. The Morgan fingerprint density at radius 3 is 2.74 bits per heavy atom. The highest BCUT2D eigenvalue weighted by Gasteiger charge is 2.38. The summed E-state index contributed by atoms with van der Waals surface area (Å²) in [6.45, 7) is 0.525. The van der Waals surface area contributed by atoms with Crippen molar-refractivity contribution in [2.45, 2.75) is 18.8 Å². The molecular weight excluding hydrogens is 273 g/mol. The van der Waals surface area contributed by atoms with Crippen LogP contribution < -0.4 is 10.1 Å². The predicted molar refractivity (Wildman–Crippen MR) is 68.2 cm³/mol. The second-order valence-electron chi connectivity index (χ2n) is 4.60. The van der Waals surface area contributed by atoms with Crippen LogP contribution in [0.3, 0.4) is 0 Å². The second kappa shape index (κ2) is 5.44. The van der Waals surface area contributed by atoms with Crippen molar-refractivity contribution in [2.75, 3.05) is 18.6 Å². The van der Waals surface area contributed by atoms with E-state index in [9.17, 15) is 17.9 Å². The molecule has 2 rings (SSSR count). The summed E-state index contributed by atoms with van der Waals surface area (Å²) in [7, 11) is -1.55. The molecule has 1 aromatic carbocycles. The van der Waals surface area contributed by atoms with Crippen molar-refractivity contribution in [1.29, 1.82) is 0 Å². The van der Waals surface area contributed by atoms with Gasteiger partial charge in [-0.25, -0.2) is 12.8 Å². The Kier molecular flexibility index (Phi) is 4.07. The monoisotopic (exact) mass is 289 g/mol. The van der Waals surface area contributed by atoms with Crippen molar-refractivity contribution >= 4 is 9.84 Å². The van der Waals surface area contributed by atoms with Crippen LogP contribution in [-0.4, -0.2) is 44.3 Å². The molecular formula is C12H16FNO4S. The van der Waals surface area contributed by atoms with E-state index in [1.54, 1.807) is 13.1 Å². The molecule has 0 spiro atoms. The zero-order chi connectivity index (χ0) is 14.0. The van der Waals surface area contributed by atoms with Crippen molar-refractivity contribution in [1.82, 2.24) is 5.32 Å². The molecule has 2 unspecified atom stereocenters. The van der Waals surface area contributed by atoms with Gasteiger partial charge < -0.3 is 15.2 Å². The van der Waals surface area contributed by atoms with Gasteiger partial charge in [0, 0.05) is 6.54 Å². The number of nitrogens with one attached hydrogen (secondary N) is 1. The van der Waals surface area contributed by atoms with E-state index in [0.717, 1.165) is 5.56 Å². The fraction of sp³-hybridized carbons (Fsp3) is 0.500. The number of benzene rings is 1. The molecule has 2 atom stereocenters. The summed E-state index contributed by atoms with van der Waals surface area (Å²) < 4.78 is 41.7. The standard InChI is InChI=1S/C12H16FNO4S/c1-14-5-8-2-3-11(9(13)4-8)18-12-7-19(16,17)6-10(12)15/h2-4,10,12,14-15H,5-7H2,1H3. The molecule has 1 aliphatic heterocycles. The van der Waals surface area contributed by atoms with Gasteiger partial charge in [-0.3, -0.25) is 0 Å². The van der Waals surface area contributed by atoms with Crippen molar-refractivity contribution in [3.05, 3.63) is 29.6 Å². The van der Waals surface area contributed by atoms with Gasteiger partial charge in [-0.15, -0.1) is 0 Å².